The fourth-order valence-electron chi connectivity index (χ4n) is 1.23. The Bertz CT molecular complexity index is 406. The lowest BCUT2D eigenvalue weighted by Gasteiger charge is -2.12. The van der Waals surface area contributed by atoms with Gasteiger partial charge in [-0.3, -0.25) is 4.79 Å². The molecule has 1 rings (SSSR count). The minimum atomic E-state index is -0.159. The van der Waals surface area contributed by atoms with Crippen LogP contribution in [0.3, 0.4) is 0 Å². The summed E-state index contributed by atoms with van der Waals surface area (Å²) in [5.41, 5.74) is 0. The molecule has 0 aromatic carbocycles. The van der Waals surface area contributed by atoms with Crippen molar-refractivity contribution in [2.24, 2.45) is 5.92 Å². The van der Waals surface area contributed by atoms with Gasteiger partial charge in [0.1, 0.15) is 0 Å². The topological polar surface area (TPSA) is 66.9 Å². The van der Waals surface area contributed by atoms with Crippen LogP contribution in [-0.4, -0.2) is 33.9 Å². The highest BCUT2D eigenvalue weighted by Crippen LogP contribution is 2.28. The summed E-state index contributed by atoms with van der Waals surface area (Å²) < 4.78 is 0.817. The Morgan fingerprint density at radius 3 is 2.53 bits per heavy atom. The van der Waals surface area contributed by atoms with Crippen LogP contribution in [0.1, 0.15) is 34.6 Å². The first kappa shape index (κ1) is 16.2. The number of hydrogen-bond acceptors (Lipinski definition) is 6. The van der Waals surface area contributed by atoms with Gasteiger partial charge in [-0.05, 0) is 26.7 Å². The molecule has 2 N–H and O–H groups in total. The number of hydrogen-bond donors (Lipinski definition) is 2. The van der Waals surface area contributed by atoms with Crippen molar-refractivity contribution in [3.63, 3.8) is 0 Å². The van der Waals surface area contributed by atoms with Crippen LogP contribution < -0.4 is 10.6 Å². The molecule has 0 radical (unpaired) electrons. The summed E-state index contributed by atoms with van der Waals surface area (Å²) in [5.74, 6) is 0.600. The summed E-state index contributed by atoms with van der Waals surface area (Å²) in [5, 5.41) is 14.9. The summed E-state index contributed by atoms with van der Waals surface area (Å²) in [6.45, 7) is 10.9. The quantitative estimate of drug-likeness (QED) is 0.758. The second-order valence-corrected chi connectivity index (χ2v) is 7.64. The SMILES string of the molecule is CC(C)CNc1nnc(SC(C)C(=O)NC(C)C)s1. The van der Waals surface area contributed by atoms with Gasteiger partial charge in [0.05, 0.1) is 5.25 Å². The molecule has 1 heterocycles. The third-order valence-electron chi connectivity index (χ3n) is 2.15. The number of nitrogens with zero attached hydrogens (tertiary/aromatic N) is 2. The fourth-order valence-corrected chi connectivity index (χ4v) is 3.14. The first-order valence-corrected chi connectivity index (χ1v) is 8.12. The number of amides is 1. The van der Waals surface area contributed by atoms with E-state index in [-0.39, 0.29) is 17.2 Å². The Labute approximate surface area is 123 Å². The number of rotatable bonds is 7. The van der Waals surface area contributed by atoms with E-state index in [4.69, 9.17) is 0 Å². The molecule has 1 amide bonds. The first-order valence-electron chi connectivity index (χ1n) is 6.43. The van der Waals surface area contributed by atoms with Gasteiger partial charge >= 0.3 is 0 Å². The van der Waals surface area contributed by atoms with Gasteiger partial charge in [0.15, 0.2) is 4.34 Å². The molecule has 0 bridgehead atoms. The third kappa shape index (κ3) is 6.24. The molecule has 0 aliphatic carbocycles. The minimum Gasteiger partial charge on any atom is -0.360 e. The Hall–Kier alpha value is -0.820. The van der Waals surface area contributed by atoms with Crippen molar-refractivity contribution in [1.82, 2.24) is 15.5 Å². The number of aromatic nitrogens is 2. The molecule has 1 unspecified atom stereocenters. The van der Waals surface area contributed by atoms with Gasteiger partial charge < -0.3 is 10.6 Å². The lowest BCUT2D eigenvalue weighted by atomic mass is 10.2. The van der Waals surface area contributed by atoms with Crippen molar-refractivity contribution in [3.8, 4) is 0 Å². The maximum Gasteiger partial charge on any atom is 0.233 e. The highest BCUT2D eigenvalue weighted by molar-refractivity contribution is 8.02. The van der Waals surface area contributed by atoms with Gasteiger partial charge in [-0.15, -0.1) is 10.2 Å². The number of thioether (sulfide) groups is 1. The lowest BCUT2D eigenvalue weighted by molar-refractivity contribution is -0.120. The lowest BCUT2D eigenvalue weighted by Crippen LogP contribution is -2.35. The maximum absolute atomic E-state index is 11.8. The van der Waals surface area contributed by atoms with Crippen LogP contribution in [0.15, 0.2) is 4.34 Å². The van der Waals surface area contributed by atoms with E-state index in [1.165, 1.54) is 23.1 Å². The predicted octanol–water partition coefficient (Wildman–Crippen LogP) is 2.61. The van der Waals surface area contributed by atoms with E-state index < -0.39 is 0 Å². The average molecular weight is 302 g/mol. The molecular weight excluding hydrogens is 280 g/mol. The molecule has 0 aliphatic rings. The average Bonchev–Trinajstić information content (AvgIpc) is 2.73. The van der Waals surface area contributed by atoms with Crippen LogP contribution in [0.4, 0.5) is 5.13 Å². The normalized spacial score (nSPS) is 12.8. The highest BCUT2D eigenvalue weighted by atomic mass is 32.2. The molecule has 0 fully saturated rings. The van der Waals surface area contributed by atoms with Gasteiger partial charge in [0.2, 0.25) is 11.0 Å². The second-order valence-electron chi connectivity index (χ2n) is 5.07. The zero-order valence-electron chi connectivity index (χ0n) is 12.1. The number of nitrogens with one attached hydrogen (secondary N) is 2. The molecule has 1 aromatic rings. The van der Waals surface area contributed by atoms with Gasteiger partial charge in [-0.25, -0.2) is 0 Å². The van der Waals surface area contributed by atoms with Crippen molar-refractivity contribution in [1.29, 1.82) is 0 Å². The molecule has 1 atom stereocenters. The van der Waals surface area contributed by atoms with Gasteiger partial charge in [0.25, 0.3) is 0 Å². The van der Waals surface area contributed by atoms with Crippen molar-refractivity contribution in [2.75, 3.05) is 11.9 Å². The Morgan fingerprint density at radius 2 is 1.95 bits per heavy atom. The van der Waals surface area contributed by atoms with E-state index in [2.05, 4.69) is 34.7 Å². The highest BCUT2D eigenvalue weighted by Gasteiger charge is 2.17. The van der Waals surface area contributed by atoms with Gasteiger partial charge in [-0.1, -0.05) is 36.9 Å². The molecule has 5 nitrogen and oxygen atoms in total. The molecule has 19 heavy (non-hydrogen) atoms. The van der Waals surface area contributed by atoms with E-state index >= 15 is 0 Å². The Balaban J connectivity index is 2.46. The second kappa shape index (κ2) is 7.69. The zero-order chi connectivity index (χ0) is 14.4. The fraction of sp³-hybridized carbons (Fsp3) is 0.750. The summed E-state index contributed by atoms with van der Waals surface area (Å²) in [6, 6.07) is 0.160. The number of anilines is 1. The van der Waals surface area contributed by atoms with Crippen LogP contribution in [-0.2, 0) is 4.79 Å². The van der Waals surface area contributed by atoms with Crippen LogP contribution in [0.2, 0.25) is 0 Å². The third-order valence-corrected chi connectivity index (χ3v) is 4.21. The molecule has 0 saturated heterocycles. The largest absolute Gasteiger partial charge is 0.360 e. The molecular formula is C12H22N4OS2. The van der Waals surface area contributed by atoms with Crippen LogP contribution in [0, 0.1) is 5.92 Å². The summed E-state index contributed by atoms with van der Waals surface area (Å²) in [7, 11) is 0. The minimum absolute atomic E-state index is 0.0342. The van der Waals surface area contributed by atoms with Crippen LogP contribution in [0.25, 0.3) is 0 Å². The van der Waals surface area contributed by atoms with Crippen molar-refractivity contribution in [3.05, 3.63) is 0 Å². The van der Waals surface area contributed by atoms with Crippen molar-refractivity contribution >= 4 is 34.1 Å². The van der Waals surface area contributed by atoms with Crippen LogP contribution in [0.5, 0.6) is 0 Å². The molecule has 1 aromatic heterocycles. The first-order chi connectivity index (χ1) is 8.88. The molecule has 108 valence electrons. The predicted molar refractivity (Wildman–Crippen MR) is 81.8 cm³/mol. The monoisotopic (exact) mass is 302 g/mol. The molecule has 0 spiro atoms. The molecule has 0 saturated carbocycles. The van der Waals surface area contributed by atoms with E-state index in [0.717, 1.165) is 16.0 Å². The van der Waals surface area contributed by atoms with Crippen LogP contribution >= 0.6 is 23.1 Å². The van der Waals surface area contributed by atoms with E-state index in [9.17, 15) is 4.79 Å². The molecule has 7 heteroatoms. The van der Waals surface area contributed by atoms with E-state index in [0.29, 0.717) is 5.92 Å². The number of carbonyl (C=O) groups excluding carboxylic acids is 1. The van der Waals surface area contributed by atoms with Gasteiger partial charge in [-0.2, -0.15) is 0 Å². The maximum atomic E-state index is 11.8. The Morgan fingerprint density at radius 1 is 1.26 bits per heavy atom. The van der Waals surface area contributed by atoms with E-state index in [1.807, 2.05) is 20.8 Å². The zero-order valence-corrected chi connectivity index (χ0v) is 13.7. The standard InChI is InChI=1S/C12H22N4OS2/c1-7(2)6-13-11-15-16-12(19-11)18-9(5)10(17)14-8(3)4/h7-9H,6H2,1-5H3,(H,13,15)(H,14,17). The molecule has 0 aliphatic heterocycles. The Kier molecular flexibility index (Phi) is 6.57. The van der Waals surface area contributed by atoms with Crippen molar-refractivity contribution < 1.29 is 4.79 Å². The summed E-state index contributed by atoms with van der Waals surface area (Å²) in [4.78, 5) is 11.8. The smallest absolute Gasteiger partial charge is 0.233 e. The summed E-state index contributed by atoms with van der Waals surface area (Å²) in [6.07, 6.45) is 0. The summed E-state index contributed by atoms with van der Waals surface area (Å²) >= 11 is 2.93. The number of carbonyl (C=O) groups is 1. The van der Waals surface area contributed by atoms with Gasteiger partial charge in [0, 0.05) is 12.6 Å². The van der Waals surface area contributed by atoms with Crippen molar-refractivity contribution in [2.45, 2.75) is 50.3 Å². The van der Waals surface area contributed by atoms with E-state index in [1.54, 1.807) is 0 Å².